The lowest BCUT2D eigenvalue weighted by Crippen LogP contribution is -2.38. The van der Waals surface area contributed by atoms with Crippen molar-refractivity contribution in [2.24, 2.45) is 5.92 Å². The summed E-state index contributed by atoms with van der Waals surface area (Å²) in [5.41, 5.74) is 3.09. The normalized spacial score (nSPS) is 16.3. The fraction of sp³-hybridized carbons (Fsp3) is 0.381. The van der Waals surface area contributed by atoms with E-state index in [0.29, 0.717) is 24.6 Å². The standard InChI is InChI=1S/C21H24N2O2S/c1-17-2-4-18(5-3-17)6-7-19-12-14-23(15-13-19)26(24,25)21-10-8-20(16-22)9-11-21/h2-5,8-11,19H,6-7,12-15H2,1H3. The quantitative estimate of drug-likeness (QED) is 0.804. The van der Waals surface area contributed by atoms with Crippen molar-refractivity contribution in [1.82, 2.24) is 4.31 Å². The minimum absolute atomic E-state index is 0.273. The van der Waals surface area contributed by atoms with Gasteiger partial charge in [0, 0.05) is 13.1 Å². The zero-order valence-electron chi connectivity index (χ0n) is 15.1. The van der Waals surface area contributed by atoms with E-state index in [9.17, 15) is 8.42 Å². The smallest absolute Gasteiger partial charge is 0.207 e. The van der Waals surface area contributed by atoms with Crippen LogP contribution in [0.2, 0.25) is 0 Å². The van der Waals surface area contributed by atoms with Gasteiger partial charge in [-0.3, -0.25) is 0 Å². The van der Waals surface area contributed by atoms with E-state index in [1.54, 1.807) is 16.4 Å². The van der Waals surface area contributed by atoms with Gasteiger partial charge in [0.2, 0.25) is 10.0 Å². The molecular formula is C21H24N2O2S. The number of nitriles is 1. The zero-order chi connectivity index (χ0) is 18.6. The fourth-order valence-electron chi connectivity index (χ4n) is 3.41. The molecule has 0 spiro atoms. The maximum Gasteiger partial charge on any atom is 0.243 e. The predicted molar refractivity (Wildman–Crippen MR) is 102 cm³/mol. The molecule has 1 saturated heterocycles. The summed E-state index contributed by atoms with van der Waals surface area (Å²) in [7, 11) is -3.46. The number of benzene rings is 2. The summed E-state index contributed by atoms with van der Waals surface area (Å²) in [6.45, 7) is 3.23. The van der Waals surface area contributed by atoms with Gasteiger partial charge in [-0.05, 0) is 68.4 Å². The van der Waals surface area contributed by atoms with E-state index in [4.69, 9.17) is 5.26 Å². The highest BCUT2D eigenvalue weighted by atomic mass is 32.2. The van der Waals surface area contributed by atoms with Gasteiger partial charge >= 0.3 is 0 Å². The van der Waals surface area contributed by atoms with Crippen LogP contribution in [0.1, 0.15) is 36.0 Å². The Bertz CT molecular complexity index is 873. The predicted octanol–water partition coefficient (Wildman–Crippen LogP) is 3.90. The van der Waals surface area contributed by atoms with Crippen LogP contribution in [0.3, 0.4) is 0 Å². The number of sulfonamides is 1. The maximum atomic E-state index is 12.7. The van der Waals surface area contributed by atoms with E-state index in [0.717, 1.165) is 25.7 Å². The van der Waals surface area contributed by atoms with Gasteiger partial charge in [-0.1, -0.05) is 29.8 Å². The second kappa shape index (κ2) is 8.03. The Morgan fingerprint density at radius 3 is 2.23 bits per heavy atom. The van der Waals surface area contributed by atoms with Crippen LogP contribution in [0.15, 0.2) is 53.4 Å². The number of hydrogen-bond acceptors (Lipinski definition) is 3. The van der Waals surface area contributed by atoms with Crippen LogP contribution >= 0.6 is 0 Å². The topological polar surface area (TPSA) is 61.2 Å². The van der Waals surface area contributed by atoms with Gasteiger partial charge in [-0.25, -0.2) is 8.42 Å². The van der Waals surface area contributed by atoms with E-state index in [-0.39, 0.29) is 4.90 Å². The Kier molecular flexibility index (Phi) is 5.75. The molecule has 1 heterocycles. The number of rotatable bonds is 5. The highest BCUT2D eigenvalue weighted by Crippen LogP contribution is 2.27. The van der Waals surface area contributed by atoms with Crippen molar-refractivity contribution >= 4 is 10.0 Å². The molecule has 0 aliphatic carbocycles. The molecular weight excluding hydrogens is 344 g/mol. The lowest BCUT2D eigenvalue weighted by molar-refractivity contribution is 0.263. The third-order valence-electron chi connectivity index (χ3n) is 5.16. The van der Waals surface area contributed by atoms with Gasteiger partial charge in [0.25, 0.3) is 0 Å². The Balaban J connectivity index is 1.55. The van der Waals surface area contributed by atoms with Gasteiger partial charge in [0.15, 0.2) is 0 Å². The molecule has 0 saturated carbocycles. The van der Waals surface area contributed by atoms with Crippen molar-refractivity contribution in [2.75, 3.05) is 13.1 Å². The zero-order valence-corrected chi connectivity index (χ0v) is 15.9. The summed E-state index contributed by atoms with van der Waals surface area (Å²) >= 11 is 0. The molecule has 3 rings (SSSR count). The third kappa shape index (κ3) is 4.32. The van der Waals surface area contributed by atoms with Crippen molar-refractivity contribution in [3.05, 3.63) is 65.2 Å². The largest absolute Gasteiger partial charge is 0.243 e. The van der Waals surface area contributed by atoms with Crippen molar-refractivity contribution in [1.29, 1.82) is 5.26 Å². The van der Waals surface area contributed by atoms with Gasteiger partial charge in [-0.2, -0.15) is 9.57 Å². The molecule has 2 aromatic rings. The molecule has 4 nitrogen and oxygen atoms in total. The van der Waals surface area contributed by atoms with Crippen LogP contribution in [0, 0.1) is 24.2 Å². The minimum Gasteiger partial charge on any atom is -0.207 e. The molecule has 1 aliphatic rings. The summed E-state index contributed by atoms with van der Waals surface area (Å²) in [6.07, 6.45) is 3.96. The molecule has 0 atom stereocenters. The van der Waals surface area contributed by atoms with Gasteiger partial charge in [0.1, 0.15) is 0 Å². The molecule has 0 radical (unpaired) electrons. The maximum absolute atomic E-state index is 12.7. The second-order valence-electron chi connectivity index (χ2n) is 7.01. The summed E-state index contributed by atoms with van der Waals surface area (Å²) in [5.74, 6) is 0.573. The van der Waals surface area contributed by atoms with Crippen LogP contribution in [0.4, 0.5) is 0 Å². The van der Waals surface area contributed by atoms with Gasteiger partial charge in [-0.15, -0.1) is 0 Å². The van der Waals surface area contributed by atoms with E-state index in [1.165, 1.54) is 23.3 Å². The van der Waals surface area contributed by atoms with Crippen LogP contribution in [0.5, 0.6) is 0 Å². The molecule has 0 aromatic heterocycles. The summed E-state index contributed by atoms with van der Waals surface area (Å²) in [5, 5.41) is 8.85. The van der Waals surface area contributed by atoms with Crippen molar-refractivity contribution in [2.45, 2.75) is 37.5 Å². The average Bonchev–Trinajstić information content (AvgIpc) is 2.68. The molecule has 1 aliphatic heterocycles. The molecule has 0 N–H and O–H groups in total. The van der Waals surface area contributed by atoms with E-state index in [2.05, 4.69) is 31.2 Å². The molecule has 0 bridgehead atoms. The first-order chi connectivity index (χ1) is 12.5. The minimum atomic E-state index is -3.46. The summed E-state index contributed by atoms with van der Waals surface area (Å²) < 4.78 is 27.1. The first-order valence-corrected chi connectivity index (χ1v) is 10.5. The number of nitrogens with zero attached hydrogens (tertiary/aromatic N) is 2. The molecule has 26 heavy (non-hydrogen) atoms. The molecule has 2 aromatic carbocycles. The summed E-state index contributed by atoms with van der Waals surface area (Å²) in [6, 6.07) is 16.8. The van der Waals surface area contributed by atoms with E-state index in [1.807, 2.05) is 6.07 Å². The number of aryl methyl sites for hydroxylation is 2. The van der Waals surface area contributed by atoms with Gasteiger partial charge < -0.3 is 0 Å². The number of hydrogen-bond donors (Lipinski definition) is 0. The molecule has 136 valence electrons. The van der Waals surface area contributed by atoms with Crippen molar-refractivity contribution in [3.8, 4) is 6.07 Å². The van der Waals surface area contributed by atoms with Crippen LogP contribution < -0.4 is 0 Å². The average molecular weight is 369 g/mol. The number of piperidine rings is 1. The molecule has 5 heteroatoms. The van der Waals surface area contributed by atoms with Gasteiger partial charge in [0.05, 0.1) is 16.5 Å². The monoisotopic (exact) mass is 368 g/mol. The third-order valence-corrected chi connectivity index (χ3v) is 7.07. The SMILES string of the molecule is Cc1ccc(CCC2CCN(S(=O)(=O)c3ccc(C#N)cc3)CC2)cc1. The van der Waals surface area contributed by atoms with E-state index < -0.39 is 10.0 Å². The van der Waals surface area contributed by atoms with Crippen molar-refractivity contribution in [3.63, 3.8) is 0 Å². The Morgan fingerprint density at radius 1 is 1.04 bits per heavy atom. The van der Waals surface area contributed by atoms with Crippen LogP contribution in [-0.4, -0.2) is 25.8 Å². The highest BCUT2D eigenvalue weighted by Gasteiger charge is 2.29. The molecule has 0 unspecified atom stereocenters. The Hall–Kier alpha value is -2.16. The Morgan fingerprint density at radius 2 is 1.65 bits per heavy atom. The van der Waals surface area contributed by atoms with E-state index >= 15 is 0 Å². The lowest BCUT2D eigenvalue weighted by Gasteiger charge is -2.31. The lowest BCUT2D eigenvalue weighted by atomic mass is 9.91. The highest BCUT2D eigenvalue weighted by molar-refractivity contribution is 7.89. The first kappa shape index (κ1) is 18.6. The second-order valence-corrected chi connectivity index (χ2v) is 8.95. The first-order valence-electron chi connectivity index (χ1n) is 9.05. The summed E-state index contributed by atoms with van der Waals surface area (Å²) in [4.78, 5) is 0.273. The molecule has 0 amide bonds. The van der Waals surface area contributed by atoms with Crippen LogP contribution in [-0.2, 0) is 16.4 Å². The Labute approximate surface area is 156 Å². The fourth-order valence-corrected chi connectivity index (χ4v) is 4.88. The van der Waals surface area contributed by atoms with Crippen molar-refractivity contribution < 1.29 is 8.42 Å². The van der Waals surface area contributed by atoms with Crippen LogP contribution in [0.25, 0.3) is 0 Å². The molecule has 1 fully saturated rings.